The van der Waals surface area contributed by atoms with Gasteiger partial charge in [-0.2, -0.15) is 5.26 Å². The zero-order valence-electron chi connectivity index (χ0n) is 13.0. The number of hydrogen-bond acceptors (Lipinski definition) is 6. The van der Waals surface area contributed by atoms with Crippen LogP contribution in [0.3, 0.4) is 0 Å². The van der Waals surface area contributed by atoms with Crippen molar-refractivity contribution in [3.63, 3.8) is 0 Å². The molecule has 0 aliphatic heterocycles. The Kier molecular flexibility index (Phi) is 4.39. The molecule has 0 unspecified atom stereocenters. The Morgan fingerprint density at radius 1 is 1.20 bits per heavy atom. The number of nitrogens with one attached hydrogen (secondary N) is 2. The zero-order chi connectivity index (χ0) is 18.0. The highest BCUT2D eigenvalue weighted by atomic mass is 32.2. The SMILES string of the molecule is CS(=O)(=O)Nc1nc2ccc(NC(=O)c3ccc(C#N)cc3)cc2s1. The summed E-state index contributed by atoms with van der Waals surface area (Å²) in [7, 11) is -3.39. The van der Waals surface area contributed by atoms with Crippen molar-refractivity contribution in [2.24, 2.45) is 0 Å². The maximum atomic E-state index is 12.2. The molecule has 0 aliphatic rings. The molecular formula is C16H12N4O3S2. The van der Waals surface area contributed by atoms with Gasteiger partial charge in [0.25, 0.3) is 5.91 Å². The van der Waals surface area contributed by atoms with E-state index in [1.54, 1.807) is 42.5 Å². The van der Waals surface area contributed by atoms with Crippen molar-refractivity contribution in [2.45, 2.75) is 0 Å². The van der Waals surface area contributed by atoms with E-state index in [1.807, 2.05) is 6.07 Å². The van der Waals surface area contributed by atoms with Crippen molar-refractivity contribution >= 4 is 48.3 Å². The lowest BCUT2D eigenvalue weighted by Crippen LogP contribution is -2.11. The third kappa shape index (κ3) is 4.12. The number of amides is 1. The van der Waals surface area contributed by atoms with Crippen molar-refractivity contribution in [2.75, 3.05) is 16.3 Å². The number of aromatic nitrogens is 1. The van der Waals surface area contributed by atoms with Gasteiger partial charge >= 0.3 is 0 Å². The van der Waals surface area contributed by atoms with Crippen LogP contribution >= 0.6 is 11.3 Å². The monoisotopic (exact) mass is 372 g/mol. The molecule has 3 aromatic rings. The average Bonchev–Trinajstić information content (AvgIpc) is 2.94. The molecule has 0 saturated heterocycles. The summed E-state index contributed by atoms with van der Waals surface area (Å²) in [5, 5.41) is 11.8. The number of rotatable bonds is 4. The summed E-state index contributed by atoms with van der Waals surface area (Å²) in [5.41, 5.74) is 2.11. The fourth-order valence-corrected chi connectivity index (χ4v) is 3.84. The second-order valence-corrected chi connectivity index (χ2v) is 8.00. The minimum Gasteiger partial charge on any atom is -0.322 e. The normalized spacial score (nSPS) is 11.0. The smallest absolute Gasteiger partial charge is 0.255 e. The van der Waals surface area contributed by atoms with Gasteiger partial charge in [-0.25, -0.2) is 13.4 Å². The fourth-order valence-electron chi connectivity index (χ4n) is 2.10. The molecule has 126 valence electrons. The van der Waals surface area contributed by atoms with Gasteiger partial charge in [0.15, 0.2) is 5.13 Å². The van der Waals surface area contributed by atoms with Crippen LogP contribution in [0.4, 0.5) is 10.8 Å². The molecule has 0 bridgehead atoms. The first-order valence-corrected chi connectivity index (χ1v) is 9.75. The van der Waals surface area contributed by atoms with E-state index >= 15 is 0 Å². The van der Waals surface area contributed by atoms with Crippen molar-refractivity contribution in [3.8, 4) is 6.07 Å². The molecule has 1 amide bonds. The molecule has 0 fully saturated rings. The van der Waals surface area contributed by atoms with Crippen LogP contribution in [-0.4, -0.2) is 25.6 Å². The van der Waals surface area contributed by atoms with Crippen LogP contribution in [0.5, 0.6) is 0 Å². The van der Waals surface area contributed by atoms with Crippen LogP contribution in [0.2, 0.25) is 0 Å². The van der Waals surface area contributed by atoms with E-state index in [1.165, 1.54) is 11.3 Å². The number of anilines is 2. The summed E-state index contributed by atoms with van der Waals surface area (Å²) < 4.78 is 25.6. The lowest BCUT2D eigenvalue weighted by molar-refractivity contribution is 0.102. The molecule has 0 atom stereocenters. The van der Waals surface area contributed by atoms with Crippen LogP contribution < -0.4 is 10.0 Å². The maximum absolute atomic E-state index is 12.2. The van der Waals surface area contributed by atoms with Gasteiger partial charge < -0.3 is 5.32 Å². The van der Waals surface area contributed by atoms with Gasteiger partial charge in [0, 0.05) is 11.3 Å². The summed E-state index contributed by atoms with van der Waals surface area (Å²) in [6.45, 7) is 0. The van der Waals surface area contributed by atoms with Gasteiger partial charge in [-0.15, -0.1) is 0 Å². The Hall–Kier alpha value is -2.96. The molecule has 0 aliphatic carbocycles. The Bertz CT molecular complexity index is 1100. The second kappa shape index (κ2) is 6.51. The maximum Gasteiger partial charge on any atom is 0.255 e. The number of benzene rings is 2. The highest BCUT2D eigenvalue weighted by Gasteiger charge is 2.10. The van der Waals surface area contributed by atoms with E-state index in [9.17, 15) is 13.2 Å². The first kappa shape index (κ1) is 16.9. The van der Waals surface area contributed by atoms with Gasteiger partial charge in [-0.3, -0.25) is 9.52 Å². The third-order valence-corrected chi connectivity index (χ3v) is 4.82. The molecule has 0 spiro atoms. The number of sulfonamides is 1. The lowest BCUT2D eigenvalue weighted by Gasteiger charge is -2.05. The van der Waals surface area contributed by atoms with Gasteiger partial charge in [-0.1, -0.05) is 11.3 Å². The molecule has 9 heteroatoms. The van der Waals surface area contributed by atoms with Crippen LogP contribution in [0.1, 0.15) is 15.9 Å². The number of fused-ring (bicyclic) bond motifs is 1. The summed E-state index contributed by atoms with van der Waals surface area (Å²) in [4.78, 5) is 16.4. The number of carbonyl (C=O) groups excluding carboxylic acids is 1. The highest BCUT2D eigenvalue weighted by Crippen LogP contribution is 2.29. The predicted molar refractivity (Wildman–Crippen MR) is 97.2 cm³/mol. The topological polar surface area (TPSA) is 112 Å². The van der Waals surface area contributed by atoms with Gasteiger partial charge in [-0.05, 0) is 42.5 Å². The van der Waals surface area contributed by atoms with Crippen LogP contribution in [0.15, 0.2) is 42.5 Å². The van der Waals surface area contributed by atoms with Crippen molar-refractivity contribution in [3.05, 3.63) is 53.6 Å². The highest BCUT2D eigenvalue weighted by molar-refractivity contribution is 7.92. The molecule has 3 rings (SSSR count). The molecule has 1 aromatic heterocycles. The van der Waals surface area contributed by atoms with Crippen LogP contribution in [-0.2, 0) is 10.0 Å². The molecule has 2 N–H and O–H groups in total. The first-order valence-electron chi connectivity index (χ1n) is 7.04. The van der Waals surface area contributed by atoms with E-state index in [0.717, 1.165) is 11.0 Å². The van der Waals surface area contributed by atoms with Crippen LogP contribution in [0, 0.1) is 11.3 Å². The minimum atomic E-state index is -3.39. The summed E-state index contributed by atoms with van der Waals surface area (Å²) in [6.07, 6.45) is 1.06. The van der Waals surface area contributed by atoms with E-state index in [0.29, 0.717) is 22.3 Å². The molecule has 2 aromatic carbocycles. The van der Waals surface area contributed by atoms with E-state index < -0.39 is 10.0 Å². The largest absolute Gasteiger partial charge is 0.322 e. The van der Waals surface area contributed by atoms with Crippen molar-refractivity contribution in [1.82, 2.24) is 4.98 Å². The van der Waals surface area contributed by atoms with Gasteiger partial charge in [0.05, 0.1) is 28.1 Å². The Balaban J connectivity index is 1.81. The summed E-state index contributed by atoms with van der Waals surface area (Å²) in [6, 6.07) is 13.4. The second-order valence-electron chi connectivity index (χ2n) is 5.22. The Morgan fingerprint density at radius 3 is 2.56 bits per heavy atom. The van der Waals surface area contributed by atoms with Crippen molar-refractivity contribution < 1.29 is 13.2 Å². The van der Waals surface area contributed by atoms with E-state index in [-0.39, 0.29) is 11.0 Å². The van der Waals surface area contributed by atoms with E-state index in [2.05, 4.69) is 15.0 Å². The number of nitrogens with zero attached hydrogens (tertiary/aromatic N) is 2. The number of carbonyl (C=O) groups is 1. The average molecular weight is 372 g/mol. The molecule has 0 saturated carbocycles. The summed E-state index contributed by atoms with van der Waals surface area (Å²) >= 11 is 1.18. The first-order chi connectivity index (χ1) is 11.8. The standard InChI is InChI=1S/C16H12N4O3S2/c1-25(22,23)20-16-19-13-7-6-12(8-14(13)24-16)18-15(21)11-4-2-10(9-17)3-5-11/h2-8H,1H3,(H,18,21)(H,19,20). The minimum absolute atomic E-state index is 0.271. The summed E-state index contributed by atoms with van der Waals surface area (Å²) in [5.74, 6) is -0.303. The lowest BCUT2D eigenvalue weighted by atomic mass is 10.1. The molecule has 7 nitrogen and oxygen atoms in total. The fraction of sp³-hybridized carbons (Fsp3) is 0.0625. The Labute approximate surface area is 148 Å². The molecular weight excluding hydrogens is 360 g/mol. The van der Waals surface area contributed by atoms with Gasteiger partial charge in [0.1, 0.15) is 0 Å². The quantitative estimate of drug-likeness (QED) is 0.731. The van der Waals surface area contributed by atoms with Crippen molar-refractivity contribution in [1.29, 1.82) is 5.26 Å². The number of nitriles is 1. The third-order valence-electron chi connectivity index (χ3n) is 3.20. The predicted octanol–water partition coefficient (Wildman–Crippen LogP) is 2.79. The van der Waals surface area contributed by atoms with Crippen LogP contribution in [0.25, 0.3) is 10.2 Å². The Morgan fingerprint density at radius 2 is 1.92 bits per heavy atom. The number of hydrogen-bond donors (Lipinski definition) is 2. The number of thiazole rings is 1. The van der Waals surface area contributed by atoms with E-state index in [4.69, 9.17) is 5.26 Å². The zero-order valence-corrected chi connectivity index (χ0v) is 14.6. The molecule has 25 heavy (non-hydrogen) atoms. The van der Waals surface area contributed by atoms with Gasteiger partial charge in [0.2, 0.25) is 10.0 Å². The molecule has 0 radical (unpaired) electrons. The molecule has 1 heterocycles.